The third-order valence-electron chi connectivity index (χ3n) is 13.4. The van der Waals surface area contributed by atoms with Gasteiger partial charge in [0.05, 0.1) is 43.5 Å². The summed E-state index contributed by atoms with van der Waals surface area (Å²) in [5.41, 5.74) is 15.6. The molecule has 0 bridgehead atoms. The molecule has 0 saturated heterocycles. The molecule has 0 atom stereocenters. The Balaban J connectivity index is 0.997. The number of benzene rings is 10. The highest BCUT2D eigenvalue weighted by Crippen LogP contribution is 2.44. The van der Waals surface area contributed by atoms with Crippen LogP contribution < -0.4 is 0 Å². The van der Waals surface area contributed by atoms with E-state index in [1.807, 2.05) is 11.3 Å². The Kier molecular flexibility index (Phi) is 7.56. The quantitative estimate of drug-likeness (QED) is 0.164. The van der Waals surface area contributed by atoms with Crippen molar-refractivity contribution in [3.8, 4) is 39.3 Å². The molecule has 0 fully saturated rings. The summed E-state index contributed by atoms with van der Waals surface area (Å²) >= 11 is 1.88. The van der Waals surface area contributed by atoms with Crippen molar-refractivity contribution in [2.24, 2.45) is 0 Å². The van der Waals surface area contributed by atoms with Crippen molar-refractivity contribution in [3.05, 3.63) is 224 Å². The molecule has 0 saturated carbocycles. The van der Waals surface area contributed by atoms with Gasteiger partial charge in [0.15, 0.2) is 0 Å². The molecule has 0 amide bonds. The lowest BCUT2D eigenvalue weighted by Crippen LogP contribution is -1.94. The predicted octanol–water partition coefficient (Wildman–Crippen LogP) is 16.7. The zero-order chi connectivity index (χ0) is 41.9. The van der Waals surface area contributed by atoms with Crippen LogP contribution in [0, 0.1) is 0 Å². The summed E-state index contributed by atoms with van der Waals surface area (Å²) in [6, 6.07) is 82.7. The third-order valence-corrected chi connectivity index (χ3v) is 14.6. The van der Waals surface area contributed by atoms with Crippen LogP contribution in [0.3, 0.4) is 0 Å². The Morgan fingerprint density at radius 1 is 0.250 bits per heavy atom. The minimum atomic E-state index is 1.17. The molecule has 14 aromatic rings. The molecule has 3 nitrogen and oxygen atoms in total. The monoisotopic (exact) mass is 831 g/mol. The molecule has 14 rings (SSSR count). The van der Waals surface area contributed by atoms with Gasteiger partial charge in [0.2, 0.25) is 0 Å². The summed E-state index contributed by atoms with van der Waals surface area (Å²) in [5, 5.41) is 10.1. The molecule has 0 aliphatic carbocycles. The summed E-state index contributed by atoms with van der Waals surface area (Å²) in [4.78, 5) is 0. The average molecular weight is 832 g/mol. The van der Waals surface area contributed by atoms with Gasteiger partial charge in [0.25, 0.3) is 0 Å². The Bertz CT molecular complexity index is 3970. The summed E-state index contributed by atoms with van der Waals surface area (Å²) in [6.45, 7) is 0. The second-order valence-electron chi connectivity index (χ2n) is 16.9. The maximum Gasteiger partial charge on any atom is 0.0640 e. The number of nitrogens with zero attached hydrogens (tertiary/aromatic N) is 3. The normalized spacial score (nSPS) is 12.1. The Hall–Kier alpha value is -8.18. The molecule has 10 aromatic carbocycles. The number of hydrogen-bond donors (Lipinski definition) is 0. The maximum absolute atomic E-state index is 2.50. The standard InChI is InChI=1S/C60H37N3S/c1-3-14-42(15-4-1)61-52-22-10-7-18-44(52)48-34-38(26-30-54(48)61)40-28-32-56-50(36-40)51-37-41(29-33-57(51)63(56)58-24-13-21-47-46-20-9-12-25-59(46)64-60(47)58)39-27-31-55-49(35-39)45-19-8-11-23-53(45)62(55)43-16-5-2-6-17-43/h1-37H. The molecule has 4 heterocycles. The smallest absolute Gasteiger partial charge is 0.0640 e. The van der Waals surface area contributed by atoms with Crippen molar-refractivity contribution in [3.63, 3.8) is 0 Å². The topological polar surface area (TPSA) is 14.8 Å². The van der Waals surface area contributed by atoms with Gasteiger partial charge in [-0.25, -0.2) is 0 Å². The first-order valence-electron chi connectivity index (χ1n) is 21.9. The summed E-state index contributed by atoms with van der Waals surface area (Å²) in [5.74, 6) is 0. The highest BCUT2D eigenvalue weighted by molar-refractivity contribution is 7.26. The van der Waals surface area contributed by atoms with Crippen molar-refractivity contribution in [2.75, 3.05) is 0 Å². The van der Waals surface area contributed by atoms with Gasteiger partial charge >= 0.3 is 0 Å². The summed E-state index contributed by atoms with van der Waals surface area (Å²) < 4.78 is 9.89. The van der Waals surface area contributed by atoms with Gasteiger partial charge in [-0.1, -0.05) is 127 Å². The van der Waals surface area contributed by atoms with Gasteiger partial charge in [-0.3, -0.25) is 0 Å². The Morgan fingerprint density at radius 2 is 0.625 bits per heavy atom. The van der Waals surface area contributed by atoms with Crippen LogP contribution in [0.4, 0.5) is 0 Å². The molecule has 0 aliphatic heterocycles. The molecule has 0 radical (unpaired) electrons. The van der Waals surface area contributed by atoms with Gasteiger partial charge < -0.3 is 13.7 Å². The highest BCUT2D eigenvalue weighted by atomic mass is 32.1. The second kappa shape index (κ2) is 13.7. The first-order valence-corrected chi connectivity index (χ1v) is 22.7. The minimum Gasteiger partial charge on any atom is -0.309 e. The van der Waals surface area contributed by atoms with Gasteiger partial charge in [-0.05, 0) is 119 Å². The average Bonchev–Trinajstić information content (AvgIpc) is 4.10. The van der Waals surface area contributed by atoms with E-state index in [-0.39, 0.29) is 0 Å². The van der Waals surface area contributed by atoms with Crippen LogP contribution in [-0.4, -0.2) is 13.7 Å². The van der Waals surface area contributed by atoms with E-state index in [1.165, 1.54) is 125 Å². The van der Waals surface area contributed by atoms with E-state index in [0.29, 0.717) is 0 Å². The lowest BCUT2D eigenvalue weighted by molar-refractivity contribution is 1.18. The largest absolute Gasteiger partial charge is 0.309 e. The van der Waals surface area contributed by atoms with Crippen molar-refractivity contribution >= 4 is 96.9 Å². The molecule has 0 N–H and O–H groups in total. The van der Waals surface area contributed by atoms with Crippen LogP contribution in [0.15, 0.2) is 224 Å². The van der Waals surface area contributed by atoms with Gasteiger partial charge in [0.1, 0.15) is 0 Å². The fourth-order valence-electron chi connectivity index (χ4n) is 10.6. The highest BCUT2D eigenvalue weighted by Gasteiger charge is 2.20. The molecule has 4 heteroatoms. The summed E-state index contributed by atoms with van der Waals surface area (Å²) in [7, 11) is 0. The number of fused-ring (bicyclic) bond motifs is 12. The van der Waals surface area contributed by atoms with E-state index >= 15 is 0 Å². The number of rotatable bonds is 5. The minimum absolute atomic E-state index is 1.17. The van der Waals surface area contributed by atoms with E-state index in [2.05, 4.69) is 238 Å². The zero-order valence-electron chi connectivity index (χ0n) is 34.6. The van der Waals surface area contributed by atoms with Gasteiger partial charge in [0, 0.05) is 59.2 Å². The lowest BCUT2D eigenvalue weighted by Gasteiger charge is -2.11. The third kappa shape index (κ3) is 5.15. The summed E-state index contributed by atoms with van der Waals surface area (Å²) in [6.07, 6.45) is 0. The van der Waals surface area contributed by atoms with E-state index < -0.39 is 0 Å². The first kappa shape index (κ1) is 35.4. The second-order valence-corrected chi connectivity index (χ2v) is 17.9. The van der Waals surface area contributed by atoms with Crippen LogP contribution in [0.25, 0.3) is 125 Å². The van der Waals surface area contributed by atoms with Crippen molar-refractivity contribution < 1.29 is 0 Å². The number of para-hydroxylation sites is 4. The lowest BCUT2D eigenvalue weighted by atomic mass is 9.98. The molecule has 0 aliphatic rings. The van der Waals surface area contributed by atoms with Crippen LogP contribution in [0.2, 0.25) is 0 Å². The fraction of sp³-hybridized carbons (Fsp3) is 0. The zero-order valence-corrected chi connectivity index (χ0v) is 35.4. The predicted molar refractivity (Wildman–Crippen MR) is 273 cm³/mol. The van der Waals surface area contributed by atoms with E-state index in [9.17, 15) is 0 Å². The Labute approximate surface area is 372 Å². The van der Waals surface area contributed by atoms with Gasteiger partial charge in [-0.2, -0.15) is 0 Å². The number of aromatic nitrogens is 3. The molecule has 64 heavy (non-hydrogen) atoms. The Morgan fingerprint density at radius 3 is 1.12 bits per heavy atom. The van der Waals surface area contributed by atoms with E-state index in [0.717, 1.165) is 0 Å². The molecule has 298 valence electrons. The molecule has 0 spiro atoms. The van der Waals surface area contributed by atoms with Crippen LogP contribution >= 0.6 is 11.3 Å². The van der Waals surface area contributed by atoms with Crippen LogP contribution in [-0.2, 0) is 0 Å². The van der Waals surface area contributed by atoms with Crippen LogP contribution in [0.1, 0.15) is 0 Å². The van der Waals surface area contributed by atoms with E-state index in [1.54, 1.807) is 0 Å². The molecule has 4 aromatic heterocycles. The SMILES string of the molecule is c1ccc(-n2c3ccccc3c3cc(-c4ccc5c(c4)c4cc(-c6ccc7c(c6)c6ccccc6n7-c6ccccc6)ccc4n5-c4cccc5c4sc4ccccc45)ccc32)cc1. The van der Waals surface area contributed by atoms with Gasteiger partial charge in [-0.15, -0.1) is 11.3 Å². The van der Waals surface area contributed by atoms with E-state index in [4.69, 9.17) is 0 Å². The number of hydrogen-bond acceptors (Lipinski definition) is 1. The van der Waals surface area contributed by atoms with Crippen molar-refractivity contribution in [2.45, 2.75) is 0 Å². The number of thiophene rings is 1. The fourth-order valence-corrected chi connectivity index (χ4v) is 11.8. The molecular formula is C60H37N3S. The first-order chi connectivity index (χ1) is 31.7. The molecule has 0 unspecified atom stereocenters. The van der Waals surface area contributed by atoms with Crippen LogP contribution in [0.5, 0.6) is 0 Å². The van der Waals surface area contributed by atoms with Crippen molar-refractivity contribution in [1.29, 1.82) is 0 Å². The van der Waals surface area contributed by atoms with Crippen molar-refractivity contribution in [1.82, 2.24) is 13.7 Å². The maximum atomic E-state index is 2.50. The molecular weight excluding hydrogens is 795 g/mol.